The van der Waals surface area contributed by atoms with Crippen LogP contribution in [0.1, 0.15) is 30.0 Å². The quantitative estimate of drug-likeness (QED) is 0.511. The van der Waals surface area contributed by atoms with Gasteiger partial charge in [0.25, 0.3) is 0 Å². The molecule has 1 aromatic rings. The molecule has 0 fully saturated rings. The molecular weight excluding hydrogens is 276 g/mol. The number of nitrogens with two attached hydrogens (primary N) is 1. The maximum Gasteiger partial charge on any atom is 0.416 e. The lowest BCUT2D eigenvalue weighted by molar-refractivity contribution is -0.138. The van der Waals surface area contributed by atoms with Crippen LogP contribution in [0, 0.1) is 5.82 Å². The molecule has 2 rings (SSSR count). The van der Waals surface area contributed by atoms with Gasteiger partial charge in [0.15, 0.2) is 0 Å². The van der Waals surface area contributed by atoms with Crippen molar-refractivity contribution in [3.63, 3.8) is 0 Å². The Labute approximate surface area is 113 Å². The summed E-state index contributed by atoms with van der Waals surface area (Å²) >= 11 is 0. The molecule has 1 atom stereocenters. The normalized spacial score (nSPS) is 17.4. The second-order valence-electron chi connectivity index (χ2n) is 4.50. The second-order valence-corrected chi connectivity index (χ2v) is 4.50. The third-order valence-electron chi connectivity index (χ3n) is 3.13. The largest absolute Gasteiger partial charge is 0.501 e. The second kappa shape index (κ2) is 5.80. The van der Waals surface area contributed by atoms with Gasteiger partial charge in [-0.05, 0) is 42.2 Å². The van der Waals surface area contributed by atoms with Gasteiger partial charge in [0.2, 0.25) is 0 Å². The summed E-state index contributed by atoms with van der Waals surface area (Å²) in [4.78, 5) is 0. The van der Waals surface area contributed by atoms with E-state index in [1.807, 2.05) is 0 Å². The molecule has 1 aromatic carbocycles. The molecule has 0 spiro atoms. The van der Waals surface area contributed by atoms with Gasteiger partial charge in [-0.1, -0.05) is 0 Å². The smallest absolute Gasteiger partial charge is 0.416 e. The van der Waals surface area contributed by atoms with Crippen LogP contribution in [0.5, 0.6) is 0 Å². The number of halogens is 4. The number of hydrogen-bond donors (Lipinski definition) is 2. The third-order valence-corrected chi connectivity index (χ3v) is 3.13. The van der Waals surface area contributed by atoms with E-state index < -0.39 is 23.6 Å². The lowest BCUT2D eigenvalue weighted by Crippen LogP contribution is -2.32. The average molecular weight is 290 g/mol. The Hall–Kier alpha value is -1.60. The van der Waals surface area contributed by atoms with Crippen molar-refractivity contribution in [3.05, 3.63) is 47.0 Å². The molecule has 1 aliphatic rings. The minimum atomic E-state index is -4.58. The van der Waals surface area contributed by atoms with Crippen LogP contribution in [-0.4, -0.2) is 6.61 Å². The summed E-state index contributed by atoms with van der Waals surface area (Å²) in [6.45, 7) is 0.510. The Morgan fingerprint density at radius 3 is 2.60 bits per heavy atom. The lowest BCUT2D eigenvalue weighted by atomic mass is 9.92. The zero-order valence-corrected chi connectivity index (χ0v) is 10.5. The van der Waals surface area contributed by atoms with Gasteiger partial charge in [-0.2, -0.15) is 13.2 Å². The minimum Gasteiger partial charge on any atom is -0.501 e. The molecule has 7 heteroatoms. The molecule has 0 aliphatic carbocycles. The summed E-state index contributed by atoms with van der Waals surface area (Å²) in [5.74, 6) is 4.62. The SMILES string of the molecule is NNC(C1=COCCC1)c1cc(F)ccc1C(F)(F)F. The summed E-state index contributed by atoms with van der Waals surface area (Å²) in [5, 5.41) is 0. The van der Waals surface area contributed by atoms with Crippen molar-refractivity contribution in [2.24, 2.45) is 5.84 Å². The average Bonchev–Trinajstić information content (AvgIpc) is 2.39. The minimum absolute atomic E-state index is 0.239. The number of rotatable bonds is 3. The van der Waals surface area contributed by atoms with Crippen molar-refractivity contribution in [2.45, 2.75) is 25.1 Å². The van der Waals surface area contributed by atoms with Gasteiger partial charge in [-0.3, -0.25) is 5.84 Å². The summed E-state index contributed by atoms with van der Waals surface area (Å²) < 4.78 is 57.4. The van der Waals surface area contributed by atoms with Crippen LogP contribution in [0.3, 0.4) is 0 Å². The highest BCUT2D eigenvalue weighted by molar-refractivity contribution is 5.37. The maximum atomic E-state index is 13.3. The first-order chi connectivity index (χ1) is 9.43. The molecule has 1 unspecified atom stereocenters. The fourth-order valence-electron chi connectivity index (χ4n) is 2.22. The van der Waals surface area contributed by atoms with E-state index in [4.69, 9.17) is 10.6 Å². The van der Waals surface area contributed by atoms with Crippen LogP contribution in [-0.2, 0) is 10.9 Å². The Kier molecular flexibility index (Phi) is 4.29. The van der Waals surface area contributed by atoms with E-state index in [2.05, 4.69) is 5.43 Å². The molecule has 0 radical (unpaired) electrons. The van der Waals surface area contributed by atoms with Crippen LogP contribution in [0.15, 0.2) is 30.0 Å². The molecular formula is C13H14F4N2O. The zero-order chi connectivity index (χ0) is 14.8. The van der Waals surface area contributed by atoms with E-state index in [1.54, 1.807) is 0 Å². The molecule has 20 heavy (non-hydrogen) atoms. The van der Waals surface area contributed by atoms with E-state index in [0.29, 0.717) is 25.0 Å². The van der Waals surface area contributed by atoms with E-state index in [1.165, 1.54) is 6.26 Å². The molecule has 0 saturated heterocycles. The summed E-state index contributed by atoms with van der Waals surface area (Å²) in [6.07, 6.45) is -1.96. The van der Waals surface area contributed by atoms with Crippen LogP contribution in [0.4, 0.5) is 17.6 Å². The molecule has 3 N–H and O–H groups in total. The first-order valence-electron chi connectivity index (χ1n) is 6.07. The van der Waals surface area contributed by atoms with Crippen molar-refractivity contribution in [3.8, 4) is 0 Å². The Morgan fingerprint density at radius 2 is 2.05 bits per heavy atom. The molecule has 1 aliphatic heterocycles. The van der Waals surface area contributed by atoms with Crippen molar-refractivity contribution >= 4 is 0 Å². The van der Waals surface area contributed by atoms with Crippen LogP contribution in [0.2, 0.25) is 0 Å². The Morgan fingerprint density at radius 1 is 1.30 bits per heavy atom. The lowest BCUT2D eigenvalue weighted by Gasteiger charge is -2.25. The number of ether oxygens (including phenoxy) is 1. The highest BCUT2D eigenvalue weighted by Crippen LogP contribution is 2.38. The van der Waals surface area contributed by atoms with Crippen LogP contribution >= 0.6 is 0 Å². The molecule has 0 aromatic heterocycles. The van der Waals surface area contributed by atoms with Crippen molar-refractivity contribution in [1.82, 2.24) is 5.43 Å². The van der Waals surface area contributed by atoms with Crippen molar-refractivity contribution in [1.29, 1.82) is 0 Å². The Balaban J connectivity index is 2.48. The van der Waals surface area contributed by atoms with Crippen LogP contribution < -0.4 is 11.3 Å². The summed E-state index contributed by atoms with van der Waals surface area (Å²) in [6, 6.07) is 1.43. The fraction of sp³-hybridized carbons (Fsp3) is 0.385. The van der Waals surface area contributed by atoms with Gasteiger partial charge in [0.05, 0.1) is 24.5 Å². The molecule has 0 amide bonds. The number of alkyl halides is 3. The first-order valence-corrected chi connectivity index (χ1v) is 6.07. The zero-order valence-electron chi connectivity index (χ0n) is 10.5. The van der Waals surface area contributed by atoms with E-state index in [-0.39, 0.29) is 5.56 Å². The van der Waals surface area contributed by atoms with E-state index in [9.17, 15) is 17.6 Å². The highest BCUT2D eigenvalue weighted by Gasteiger charge is 2.36. The molecule has 3 nitrogen and oxygen atoms in total. The monoisotopic (exact) mass is 290 g/mol. The number of nitrogens with one attached hydrogen (secondary N) is 1. The molecule has 0 saturated carbocycles. The standard InChI is InChI=1S/C13H14F4N2O/c14-9-3-4-11(13(15,16)17)10(6-9)12(19-18)8-2-1-5-20-7-8/h3-4,6-7,12,19H,1-2,5,18H2. The maximum absolute atomic E-state index is 13.3. The van der Waals surface area contributed by atoms with Crippen LogP contribution in [0.25, 0.3) is 0 Å². The van der Waals surface area contributed by atoms with Gasteiger partial charge >= 0.3 is 6.18 Å². The van der Waals surface area contributed by atoms with Gasteiger partial charge in [0, 0.05) is 0 Å². The first kappa shape index (κ1) is 14.8. The summed E-state index contributed by atoms with van der Waals surface area (Å²) in [5.41, 5.74) is 1.73. The van der Waals surface area contributed by atoms with Gasteiger partial charge in [-0.15, -0.1) is 0 Å². The number of hydrazine groups is 1. The molecule has 1 heterocycles. The predicted octanol–water partition coefficient (Wildman–Crippen LogP) is 3.04. The van der Waals surface area contributed by atoms with E-state index >= 15 is 0 Å². The molecule has 110 valence electrons. The summed E-state index contributed by atoms with van der Waals surface area (Å²) in [7, 11) is 0. The predicted molar refractivity (Wildman–Crippen MR) is 64.7 cm³/mol. The van der Waals surface area contributed by atoms with Gasteiger partial charge < -0.3 is 4.74 Å². The van der Waals surface area contributed by atoms with Crippen molar-refractivity contribution < 1.29 is 22.3 Å². The van der Waals surface area contributed by atoms with Gasteiger partial charge in [-0.25, -0.2) is 9.82 Å². The highest BCUT2D eigenvalue weighted by atomic mass is 19.4. The van der Waals surface area contributed by atoms with Gasteiger partial charge in [0.1, 0.15) is 5.82 Å². The van der Waals surface area contributed by atoms with E-state index in [0.717, 1.165) is 18.2 Å². The number of benzene rings is 1. The molecule has 0 bridgehead atoms. The number of hydrogen-bond acceptors (Lipinski definition) is 3. The fourth-order valence-corrected chi connectivity index (χ4v) is 2.22. The topological polar surface area (TPSA) is 47.3 Å². The third kappa shape index (κ3) is 3.10. The van der Waals surface area contributed by atoms with Crippen molar-refractivity contribution in [2.75, 3.05) is 6.61 Å². The Bertz CT molecular complexity index is 514.